The number of rotatable bonds is 10. The van der Waals surface area contributed by atoms with Crippen LogP contribution in [-0.4, -0.2) is 77.8 Å². The molecular weight excluding hydrogens is 460 g/mol. The van der Waals surface area contributed by atoms with Crippen LogP contribution >= 0.6 is 0 Å². The van der Waals surface area contributed by atoms with Crippen LogP contribution in [-0.2, 0) is 31.8 Å². The summed E-state index contributed by atoms with van der Waals surface area (Å²) in [6.45, 7) is 0.296. The molecule has 34 heavy (non-hydrogen) atoms. The lowest BCUT2D eigenvalue weighted by molar-refractivity contribution is -0.138. The van der Waals surface area contributed by atoms with Crippen LogP contribution in [0.25, 0.3) is 11.2 Å². The Morgan fingerprint density at radius 2 is 2.06 bits per heavy atom. The fourth-order valence-electron chi connectivity index (χ4n) is 3.90. The first-order valence-corrected chi connectivity index (χ1v) is 12.8. The number of nitrogens with zero attached hydrogens (tertiary/aromatic N) is 4. The summed E-state index contributed by atoms with van der Waals surface area (Å²) >= 11 is 0. The van der Waals surface area contributed by atoms with Crippen molar-refractivity contribution in [3.63, 3.8) is 0 Å². The molecule has 3 heterocycles. The number of aliphatic carboxylic acids is 1. The largest absolute Gasteiger partial charge is 0.480 e. The maximum absolute atomic E-state index is 11.2. The molecule has 0 saturated carbocycles. The van der Waals surface area contributed by atoms with E-state index in [1.165, 1.54) is 6.33 Å². The Morgan fingerprint density at radius 3 is 2.79 bits per heavy atom. The molecule has 12 heteroatoms. The molecule has 2 aromatic heterocycles. The maximum Gasteiger partial charge on any atom is 0.320 e. The number of aliphatic hydroxyl groups is 1. The van der Waals surface area contributed by atoms with Crippen molar-refractivity contribution in [2.24, 2.45) is 5.73 Å². The van der Waals surface area contributed by atoms with Gasteiger partial charge in [-0.2, -0.15) is 0 Å². The van der Waals surface area contributed by atoms with Gasteiger partial charge in [-0.25, -0.2) is 15.0 Å². The van der Waals surface area contributed by atoms with E-state index in [1.54, 1.807) is 10.9 Å². The standard InChI is InChI=1S/C22H28N6O5S/c1-34(8-7-14(23)22(30)31)10-15-17(29)18(32-9-13-5-3-2-4-6-13)21(33-15)28-12-27-16-19(24)25-11-26-20(16)28/h2-6,11-12,14-15,17-18,21,29H,7-10,23H2,1H3,(H2-,24,25,26,30,31)/p+1/t14-,15+,17+,18+,21+,34?/m0/s1. The number of benzene rings is 1. The van der Waals surface area contributed by atoms with Crippen LogP contribution in [0.5, 0.6) is 0 Å². The number of hydrogen-bond donors (Lipinski definition) is 4. The molecule has 3 aromatic rings. The number of carboxylic acids is 1. The molecule has 0 aliphatic carbocycles. The highest BCUT2D eigenvalue weighted by molar-refractivity contribution is 7.96. The smallest absolute Gasteiger partial charge is 0.320 e. The summed E-state index contributed by atoms with van der Waals surface area (Å²) in [5, 5.41) is 20.2. The summed E-state index contributed by atoms with van der Waals surface area (Å²) in [5.74, 6) is 0.402. The molecule has 1 aromatic carbocycles. The lowest BCUT2D eigenvalue weighted by Crippen LogP contribution is -2.38. The third kappa shape index (κ3) is 5.31. The van der Waals surface area contributed by atoms with E-state index < -0.39 is 36.6 Å². The van der Waals surface area contributed by atoms with Gasteiger partial charge in [-0.1, -0.05) is 30.3 Å². The van der Waals surface area contributed by atoms with Crippen LogP contribution in [0.3, 0.4) is 0 Å². The molecule has 0 amide bonds. The molecule has 182 valence electrons. The number of imidazole rings is 1. The van der Waals surface area contributed by atoms with E-state index in [9.17, 15) is 9.90 Å². The van der Waals surface area contributed by atoms with Gasteiger partial charge in [-0.15, -0.1) is 0 Å². The highest BCUT2D eigenvalue weighted by Gasteiger charge is 2.48. The van der Waals surface area contributed by atoms with Crippen molar-refractivity contribution >= 4 is 33.8 Å². The second-order valence-corrected chi connectivity index (χ2v) is 10.6. The molecule has 1 saturated heterocycles. The van der Waals surface area contributed by atoms with Crippen LogP contribution < -0.4 is 11.5 Å². The molecule has 1 fully saturated rings. The van der Waals surface area contributed by atoms with Gasteiger partial charge in [0.05, 0.1) is 19.2 Å². The maximum atomic E-state index is 11.2. The van der Waals surface area contributed by atoms with Gasteiger partial charge >= 0.3 is 5.97 Å². The Balaban J connectivity index is 1.53. The second-order valence-electron chi connectivity index (χ2n) is 8.29. The van der Waals surface area contributed by atoms with Crippen molar-refractivity contribution < 1.29 is 24.5 Å². The van der Waals surface area contributed by atoms with Crippen LogP contribution in [0.15, 0.2) is 43.0 Å². The van der Waals surface area contributed by atoms with E-state index >= 15 is 0 Å². The first kappa shape index (κ1) is 24.4. The Hall–Kier alpha value is -2.77. The Kier molecular flexibility index (Phi) is 7.63. The van der Waals surface area contributed by atoms with Crippen molar-refractivity contribution in [2.45, 2.75) is 43.6 Å². The van der Waals surface area contributed by atoms with Crippen LogP contribution in [0.2, 0.25) is 0 Å². The van der Waals surface area contributed by atoms with Gasteiger partial charge in [-0.3, -0.25) is 9.36 Å². The first-order chi connectivity index (χ1) is 16.3. The summed E-state index contributed by atoms with van der Waals surface area (Å²) in [6, 6.07) is 8.77. The van der Waals surface area contributed by atoms with E-state index in [4.69, 9.17) is 26.0 Å². The Labute approximate surface area is 199 Å². The van der Waals surface area contributed by atoms with Gasteiger partial charge in [0.25, 0.3) is 0 Å². The summed E-state index contributed by atoms with van der Waals surface area (Å²) < 4.78 is 14.2. The number of nitrogens with two attached hydrogens (primary N) is 2. The SMILES string of the molecule is C[S+](CC[C@H](N)C(=O)O)C[C@H]1O[C@@H](n2cnc3c(N)ncnc32)[C@H](OCc2ccccc2)[C@@H]1O. The van der Waals surface area contributed by atoms with Gasteiger partial charge in [-0.05, 0) is 16.5 Å². The highest BCUT2D eigenvalue weighted by atomic mass is 32.2. The average Bonchev–Trinajstić information content (AvgIpc) is 3.38. The summed E-state index contributed by atoms with van der Waals surface area (Å²) in [5.41, 5.74) is 13.5. The minimum absolute atomic E-state index is 0.219. The highest BCUT2D eigenvalue weighted by Crippen LogP contribution is 2.35. The van der Waals surface area contributed by atoms with E-state index in [0.717, 1.165) is 5.56 Å². The van der Waals surface area contributed by atoms with E-state index in [0.29, 0.717) is 35.7 Å². The summed E-state index contributed by atoms with van der Waals surface area (Å²) in [7, 11) is -0.219. The molecule has 6 N–H and O–H groups in total. The van der Waals surface area contributed by atoms with Crippen molar-refractivity contribution in [3.05, 3.63) is 48.5 Å². The second kappa shape index (κ2) is 10.7. The number of carboxylic acid groups (broad SMARTS) is 1. The molecule has 1 unspecified atom stereocenters. The quantitative estimate of drug-likeness (QED) is 0.290. The minimum atomic E-state index is -1.02. The summed E-state index contributed by atoms with van der Waals surface area (Å²) in [6.07, 6.45) is 2.50. The number of ether oxygens (including phenoxy) is 2. The molecule has 1 aliphatic heterocycles. The number of nitrogen functional groups attached to an aromatic ring is 1. The van der Waals surface area contributed by atoms with E-state index in [2.05, 4.69) is 15.0 Å². The van der Waals surface area contributed by atoms with E-state index in [-0.39, 0.29) is 16.7 Å². The Morgan fingerprint density at radius 1 is 1.29 bits per heavy atom. The lowest BCUT2D eigenvalue weighted by Gasteiger charge is -2.22. The third-order valence-corrected chi connectivity index (χ3v) is 7.63. The zero-order chi connectivity index (χ0) is 24.2. The number of fused-ring (bicyclic) bond motifs is 1. The minimum Gasteiger partial charge on any atom is -0.480 e. The topological polar surface area (TPSA) is 172 Å². The fraction of sp³-hybridized carbons (Fsp3) is 0.455. The Bertz CT molecular complexity index is 1120. The molecule has 11 nitrogen and oxygen atoms in total. The fourth-order valence-corrected chi connectivity index (χ4v) is 5.56. The predicted octanol–water partition coefficient (Wildman–Crippen LogP) is 0.302. The van der Waals surface area contributed by atoms with Crippen molar-refractivity contribution in [3.8, 4) is 0 Å². The molecule has 0 radical (unpaired) electrons. The van der Waals surface area contributed by atoms with Crippen LogP contribution in [0.1, 0.15) is 18.2 Å². The summed E-state index contributed by atoms with van der Waals surface area (Å²) in [4.78, 5) is 23.6. The lowest BCUT2D eigenvalue weighted by atomic mass is 10.1. The van der Waals surface area contributed by atoms with Crippen LogP contribution in [0.4, 0.5) is 5.82 Å². The molecular formula is C22H29N6O5S+. The molecule has 4 rings (SSSR count). The number of aromatic nitrogens is 4. The third-order valence-electron chi connectivity index (χ3n) is 5.80. The number of aliphatic hydroxyl groups excluding tert-OH is 1. The monoisotopic (exact) mass is 489 g/mol. The molecule has 1 aliphatic rings. The number of carbonyl (C=O) groups is 1. The normalized spacial score (nSPS) is 24.3. The van der Waals surface area contributed by atoms with Crippen LogP contribution in [0, 0.1) is 0 Å². The van der Waals surface area contributed by atoms with Gasteiger partial charge in [0.2, 0.25) is 0 Å². The first-order valence-electron chi connectivity index (χ1n) is 10.8. The average molecular weight is 490 g/mol. The zero-order valence-corrected chi connectivity index (χ0v) is 19.5. The number of anilines is 1. The van der Waals surface area contributed by atoms with Crippen molar-refractivity contribution in [2.75, 3.05) is 23.5 Å². The van der Waals surface area contributed by atoms with Crippen molar-refractivity contribution in [1.82, 2.24) is 19.5 Å². The zero-order valence-electron chi connectivity index (χ0n) is 18.7. The van der Waals surface area contributed by atoms with Gasteiger partial charge < -0.3 is 31.2 Å². The molecule has 6 atom stereocenters. The molecule has 0 bridgehead atoms. The predicted molar refractivity (Wildman–Crippen MR) is 128 cm³/mol. The van der Waals surface area contributed by atoms with Gasteiger partial charge in [0.1, 0.15) is 47.7 Å². The van der Waals surface area contributed by atoms with Gasteiger partial charge in [0, 0.05) is 6.42 Å². The van der Waals surface area contributed by atoms with Crippen molar-refractivity contribution in [1.29, 1.82) is 0 Å². The molecule has 0 spiro atoms. The van der Waals surface area contributed by atoms with E-state index in [1.807, 2.05) is 36.6 Å². The van der Waals surface area contributed by atoms with Gasteiger partial charge in [0.15, 0.2) is 17.7 Å². The number of hydrogen-bond acceptors (Lipinski definition) is 9.